The highest BCUT2D eigenvalue weighted by molar-refractivity contribution is 5.38. The summed E-state index contributed by atoms with van der Waals surface area (Å²) in [7, 11) is 0. The first-order valence-corrected chi connectivity index (χ1v) is 5.02. The summed E-state index contributed by atoms with van der Waals surface area (Å²) in [5, 5.41) is 7.08. The van der Waals surface area contributed by atoms with Crippen LogP contribution >= 0.6 is 0 Å². The summed E-state index contributed by atoms with van der Waals surface area (Å²) in [6, 6.07) is 1.55. The van der Waals surface area contributed by atoms with Crippen molar-refractivity contribution in [3.63, 3.8) is 0 Å². The normalized spacial score (nSPS) is 9.60. The van der Waals surface area contributed by atoms with Crippen molar-refractivity contribution in [2.45, 2.75) is 26.3 Å². The van der Waals surface area contributed by atoms with Crippen molar-refractivity contribution < 1.29 is 0 Å². The maximum atomic E-state index is 11.5. The van der Waals surface area contributed by atoms with Crippen molar-refractivity contribution in [3.05, 3.63) is 22.6 Å². The Kier molecular flexibility index (Phi) is 4.42. The fourth-order valence-electron chi connectivity index (χ4n) is 1.23. The van der Waals surface area contributed by atoms with Gasteiger partial charge in [0.15, 0.2) is 0 Å². The molecule has 0 bridgehead atoms. The molecule has 0 saturated heterocycles. The Balaban J connectivity index is 2.67. The van der Waals surface area contributed by atoms with Crippen LogP contribution in [0.1, 0.15) is 19.8 Å². The minimum Gasteiger partial charge on any atom is -0.384 e. The van der Waals surface area contributed by atoms with Gasteiger partial charge in [-0.1, -0.05) is 0 Å². The number of unbranched alkanes of at least 4 members (excludes halogenated alkanes) is 1. The Labute approximate surface area is 89.3 Å². The third-order valence-corrected chi connectivity index (χ3v) is 1.94. The van der Waals surface area contributed by atoms with Crippen LogP contribution in [0.2, 0.25) is 0 Å². The molecule has 0 fully saturated rings. The molecular formula is C11H15N3O. The molecule has 0 amide bonds. The fraction of sp³-hybridized carbons (Fsp3) is 0.455. The molecule has 4 heteroatoms. The molecule has 0 aliphatic heterocycles. The maximum absolute atomic E-state index is 11.5. The lowest BCUT2D eigenvalue weighted by molar-refractivity contribution is 0.555. The van der Waals surface area contributed by atoms with Crippen molar-refractivity contribution >= 4 is 5.69 Å². The molecule has 1 aromatic rings. The third-order valence-electron chi connectivity index (χ3n) is 1.94. The minimum absolute atomic E-state index is 0.0922. The second-order valence-corrected chi connectivity index (χ2v) is 3.14. The topological polar surface area (TPSA) is 46.9 Å². The van der Waals surface area contributed by atoms with Gasteiger partial charge in [0.05, 0.1) is 11.9 Å². The average molecular weight is 205 g/mol. The van der Waals surface area contributed by atoms with E-state index in [1.54, 1.807) is 12.3 Å². The van der Waals surface area contributed by atoms with E-state index in [9.17, 15) is 4.79 Å². The van der Waals surface area contributed by atoms with Gasteiger partial charge < -0.3 is 5.32 Å². The Morgan fingerprint density at radius 3 is 3.07 bits per heavy atom. The van der Waals surface area contributed by atoms with Crippen LogP contribution < -0.4 is 10.9 Å². The summed E-state index contributed by atoms with van der Waals surface area (Å²) >= 11 is 0. The predicted molar refractivity (Wildman–Crippen MR) is 60.7 cm³/mol. The molecule has 0 aromatic carbocycles. The molecule has 0 atom stereocenters. The molecule has 0 aliphatic rings. The number of terminal acetylenes is 1. The number of hydrogen-bond donors (Lipinski definition) is 1. The zero-order valence-corrected chi connectivity index (χ0v) is 8.86. The zero-order chi connectivity index (χ0) is 11.1. The van der Waals surface area contributed by atoms with E-state index < -0.39 is 0 Å². The Morgan fingerprint density at radius 1 is 1.67 bits per heavy atom. The highest BCUT2D eigenvalue weighted by atomic mass is 16.1. The molecule has 0 spiro atoms. The van der Waals surface area contributed by atoms with Crippen LogP contribution in [0, 0.1) is 12.3 Å². The molecule has 80 valence electrons. The number of hydrogen-bond acceptors (Lipinski definition) is 3. The Hall–Kier alpha value is -1.76. The number of rotatable bonds is 5. The summed E-state index contributed by atoms with van der Waals surface area (Å²) < 4.78 is 1.43. The lowest BCUT2D eigenvalue weighted by Gasteiger charge is -2.05. The largest absolute Gasteiger partial charge is 0.384 e. The third kappa shape index (κ3) is 3.47. The van der Waals surface area contributed by atoms with E-state index >= 15 is 0 Å². The number of anilines is 1. The van der Waals surface area contributed by atoms with E-state index in [0.717, 1.165) is 18.7 Å². The van der Waals surface area contributed by atoms with Gasteiger partial charge in [-0.2, -0.15) is 5.10 Å². The number of nitrogens with zero attached hydrogens (tertiary/aromatic N) is 2. The summed E-state index contributed by atoms with van der Waals surface area (Å²) in [5.74, 6) is 2.53. The van der Waals surface area contributed by atoms with Crippen LogP contribution in [0.4, 0.5) is 5.69 Å². The second kappa shape index (κ2) is 5.86. The van der Waals surface area contributed by atoms with E-state index in [2.05, 4.69) is 16.3 Å². The van der Waals surface area contributed by atoms with Gasteiger partial charge in [-0.15, -0.1) is 12.3 Å². The van der Waals surface area contributed by atoms with Gasteiger partial charge in [-0.25, -0.2) is 4.68 Å². The average Bonchev–Trinajstić information content (AvgIpc) is 2.22. The maximum Gasteiger partial charge on any atom is 0.268 e. The van der Waals surface area contributed by atoms with E-state index in [1.807, 2.05) is 6.92 Å². The molecule has 1 rings (SSSR count). The van der Waals surface area contributed by atoms with Crippen molar-refractivity contribution in [1.29, 1.82) is 0 Å². The van der Waals surface area contributed by atoms with Crippen molar-refractivity contribution in [3.8, 4) is 12.3 Å². The smallest absolute Gasteiger partial charge is 0.268 e. The van der Waals surface area contributed by atoms with E-state index in [0.29, 0.717) is 13.0 Å². The predicted octanol–water partition coefficient (Wildman–Crippen LogP) is 1.09. The standard InChI is InChI=1S/C11H15N3O/c1-3-5-6-7-14-11(15)8-10(9-13-14)12-4-2/h1,8-9,12H,4-7H2,2H3. The van der Waals surface area contributed by atoms with Crippen LogP contribution in [0.15, 0.2) is 17.1 Å². The summed E-state index contributed by atoms with van der Waals surface area (Å²) in [5.41, 5.74) is 0.668. The van der Waals surface area contributed by atoms with Crippen molar-refractivity contribution in [2.24, 2.45) is 0 Å². The Bertz CT molecular complexity index is 403. The molecule has 0 aliphatic carbocycles. The molecule has 1 N–H and O–H groups in total. The molecule has 1 heterocycles. The van der Waals surface area contributed by atoms with Gasteiger partial charge in [0.25, 0.3) is 5.56 Å². The molecule has 0 radical (unpaired) electrons. The van der Waals surface area contributed by atoms with Gasteiger partial charge in [0, 0.05) is 25.6 Å². The summed E-state index contributed by atoms with van der Waals surface area (Å²) in [6.07, 6.45) is 8.23. The van der Waals surface area contributed by atoms with E-state index in [4.69, 9.17) is 6.42 Å². The first-order valence-electron chi connectivity index (χ1n) is 5.02. The van der Waals surface area contributed by atoms with Gasteiger partial charge in [-0.05, 0) is 13.3 Å². The fourth-order valence-corrected chi connectivity index (χ4v) is 1.23. The van der Waals surface area contributed by atoms with Crippen LogP contribution in [-0.2, 0) is 6.54 Å². The molecule has 4 nitrogen and oxygen atoms in total. The van der Waals surface area contributed by atoms with Crippen LogP contribution in [0.3, 0.4) is 0 Å². The van der Waals surface area contributed by atoms with Gasteiger partial charge in [0.1, 0.15) is 0 Å². The quantitative estimate of drug-likeness (QED) is 0.578. The number of aryl methyl sites for hydroxylation is 1. The highest BCUT2D eigenvalue weighted by Gasteiger charge is 1.98. The monoisotopic (exact) mass is 205 g/mol. The minimum atomic E-state index is -0.0922. The van der Waals surface area contributed by atoms with Crippen LogP contribution in [-0.4, -0.2) is 16.3 Å². The lowest BCUT2D eigenvalue weighted by Crippen LogP contribution is -2.22. The number of aromatic nitrogens is 2. The number of nitrogens with one attached hydrogen (secondary N) is 1. The lowest BCUT2D eigenvalue weighted by atomic mass is 10.3. The second-order valence-electron chi connectivity index (χ2n) is 3.14. The first-order chi connectivity index (χ1) is 7.27. The molecule has 0 saturated carbocycles. The van der Waals surface area contributed by atoms with Gasteiger partial charge >= 0.3 is 0 Å². The van der Waals surface area contributed by atoms with Crippen LogP contribution in [0.25, 0.3) is 0 Å². The van der Waals surface area contributed by atoms with Crippen molar-refractivity contribution in [2.75, 3.05) is 11.9 Å². The molecule has 0 unspecified atom stereocenters. The van der Waals surface area contributed by atoms with E-state index in [1.165, 1.54) is 4.68 Å². The SMILES string of the molecule is C#CCCCn1ncc(NCC)cc1=O. The Morgan fingerprint density at radius 2 is 2.47 bits per heavy atom. The van der Waals surface area contributed by atoms with Gasteiger partial charge in [-0.3, -0.25) is 4.79 Å². The summed E-state index contributed by atoms with van der Waals surface area (Å²) in [6.45, 7) is 3.33. The highest BCUT2D eigenvalue weighted by Crippen LogP contribution is 1.99. The molecule has 1 aromatic heterocycles. The van der Waals surface area contributed by atoms with E-state index in [-0.39, 0.29) is 5.56 Å². The van der Waals surface area contributed by atoms with Gasteiger partial charge in [0.2, 0.25) is 0 Å². The zero-order valence-electron chi connectivity index (χ0n) is 8.86. The molecule has 15 heavy (non-hydrogen) atoms. The molecular weight excluding hydrogens is 190 g/mol. The summed E-state index contributed by atoms with van der Waals surface area (Å²) in [4.78, 5) is 11.5. The van der Waals surface area contributed by atoms with Crippen LogP contribution in [0.5, 0.6) is 0 Å². The van der Waals surface area contributed by atoms with Crippen molar-refractivity contribution in [1.82, 2.24) is 9.78 Å². The first kappa shape index (κ1) is 11.3.